The Bertz CT molecular complexity index is 496. The van der Waals surface area contributed by atoms with Gasteiger partial charge in [0.2, 0.25) is 0 Å². The van der Waals surface area contributed by atoms with Crippen LogP contribution in [-0.4, -0.2) is 32.8 Å². The molecule has 0 aromatic heterocycles. The number of ether oxygens (including phenoxy) is 2. The van der Waals surface area contributed by atoms with Crippen LogP contribution in [0.5, 0.6) is 5.75 Å². The Morgan fingerprint density at radius 2 is 1.96 bits per heavy atom. The van der Waals surface area contributed by atoms with E-state index in [2.05, 4.69) is 36.3 Å². The highest BCUT2D eigenvalue weighted by Gasteiger charge is 2.04. The van der Waals surface area contributed by atoms with Gasteiger partial charge in [-0.1, -0.05) is 38.3 Å². The van der Waals surface area contributed by atoms with Gasteiger partial charge in [0.15, 0.2) is 5.96 Å². The van der Waals surface area contributed by atoms with E-state index in [1.807, 2.05) is 6.07 Å². The van der Waals surface area contributed by atoms with Crippen molar-refractivity contribution in [1.82, 2.24) is 5.32 Å². The molecule has 0 bridgehead atoms. The third-order valence-corrected chi connectivity index (χ3v) is 3.73. The molecule has 3 N–H and O–H groups in total. The minimum absolute atomic E-state index is 0. The Morgan fingerprint density at radius 3 is 2.68 bits per heavy atom. The topological polar surface area (TPSA) is 68.9 Å². The molecule has 1 aromatic carbocycles. The first kappa shape index (κ1) is 24.0. The summed E-state index contributed by atoms with van der Waals surface area (Å²) < 4.78 is 10.9. The van der Waals surface area contributed by atoms with Crippen LogP contribution in [0.3, 0.4) is 0 Å². The van der Waals surface area contributed by atoms with E-state index in [1.165, 1.54) is 24.8 Å². The van der Waals surface area contributed by atoms with Gasteiger partial charge in [0.25, 0.3) is 0 Å². The number of methoxy groups -OCH3 is 1. The fraction of sp³-hybridized carbons (Fsp3) is 0.632. The highest BCUT2D eigenvalue weighted by Crippen LogP contribution is 2.21. The molecule has 0 aliphatic heterocycles. The van der Waals surface area contributed by atoms with Crippen LogP contribution < -0.4 is 15.8 Å². The zero-order valence-corrected chi connectivity index (χ0v) is 18.2. The first-order valence-corrected chi connectivity index (χ1v) is 8.92. The minimum Gasteiger partial charge on any atom is -0.493 e. The van der Waals surface area contributed by atoms with Gasteiger partial charge in [-0.2, -0.15) is 0 Å². The van der Waals surface area contributed by atoms with Crippen LogP contribution in [0.1, 0.15) is 50.2 Å². The summed E-state index contributed by atoms with van der Waals surface area (Å²) in [5, 5.41) is 3.17. The highest BCUT2D eigenvalue weighted by atomic mass is 127. The van der Waals surface area contributed by atoms with Gasteiger partial charge in [0, 0.05) is 32.2 Å². The Morgan fingerprint density at radius 1 is 1.16 bits per heavy atom. The molecule has 0 unspecified atom stereocenters. The molecular weight excluding hydrogens is 429 g/mol. The number of nitrogens with zero attached hydrogens (tertiary/aromatic N) is 1. The summed E-state index contributed by atoms with van der Waals surface area (Å²) in [4.78, 5) is 4.43. The number of nitrogens with one attached hydrogen (secondary N) is 1. The van der Waals surface area contributed by atoms with Crippen LogP contribution in [0, 0.1) is 6.92 Å². The van der Waals surface area contributed by atoms with Gasteiger partial charge in [-0.15, -0.1) is 24.0 Å². The predicted octanol–water partition coefficient (Wildman–Crippen LogP) is 4.01. The average molecular weight is 463 g/mol. The number of hydrogen-bond acceptors (Lipinski definition) is 3. The third-order valence-electron chi connectivity index (χ3n) is 3.73. The van der Waals surface area contributed by atoms with Crippen molar-refractivity contribution in [3.8, 4) is 5.75 Å². The molecule has 0 heterocycles. The highest BCUT2D eigenvalue weighted by molar-refractivity contribution is 14.0. The predicted molar refractivity (Wildman–Crippen MR) is 116 cm³/mol. The van der Waals surface area contributed by atoms with Crippen molar-refractivity contribution in [2.45, 2.75) is 52.5 Å². The Hall–Kier alpha value is -1.02. The van der Waals surface area contributed by atoms with E-state index in [0.717, 1.165) is 30.7 Å². The second-order valence-corrected chi connectivity index (χ2v) is 5.99. The van der Waals surface area contributed by atoms with Crippen molar-refractivity contribution in [1.29, 1.82) is 0 Å². The summed E-state index contributed by atoms with van der Waals surface area (Å²) in [5.41, 5.74) is 8.16. The molecule has 5 nitrogen and oxygen atoms in total. The molecule has 0 atom stereocenters. The maximum absolute atomic E-state index is 5.94. The summed E-state index contributed by atoms with van der Waals surface area (Å²) in [5.74, 6) is 1.38. The molecule has 0 saturated carbocycles. The van der Waals surface area contributed by atoms with Gasteiger partial charge in [-0.25, -0.2) is 4.99 Å². The number of aliphatic imine (C=N–C) groups is 1. The van der Waals surface area contributed by atoms with Crippen LogP contribution in [0.15, 0.2) is 23.2 Å². The van der Waals surface area contributed by atoms with Crippen LogP contribution in [0.2, 0.25) is 0 Å². The number of benzene rings is 1. The zero-order valence-electron chi connectivity index (χ0n) is 15.8. The molecule has 0 spiro atoms. The minimum atomic E-state index is 0. The first-order valence-electron chi connectivity index (χ1n) is 8.92. The fourth-order valence-electron chi connectivity index (χ4n) is 2.31. The number of hydrogen-bond donors (Lipinski definition) is 2. The standard InChI is InChI=1S/C19H33N3O2.HI/c1-4-5-6-7-11-21-19(20)22-15-17-10-9-16(2)14-18(17)24-13-8-12-23-3;/h9-10,14H,4-8,11-13,15H2,1-3H3,(H3,20,21,22);1H. The summed E-state index contributed by atoms with van der Waals surface area (Å²) >= 11 is 0. The van der Waals surface area contributed by atoms with E-state index in [-0.39, 0.29) is 24.0 Å². The van der Waals surface area contributed by atoms with E-state index < -0.39 is 0 Å². The fourth-order valence-corrected chi connectivity index (χ4v) is 2.31. The zero-order chi connectivity index (χ0) is 17.6. The number of aryl methyl sites for hydroxylation is 1. The number of guanidine groups is 1. The van der Waals surface area contributed by atoms with Gasteiger partial charge < -0.3 is 20.5 Å². The van der Waals surface area contributed by atoms with Gasteiger partial charge >= 0.3 is 0 Å². The lowest BCUT2D eigenvalue weighted by molar-refractivity contribution is 0.172. The molecule has 1 aromatic rings. The summed E-state index contributed by atoms with van der Waals surface area (Å²) in [7, 11) is 1.70. The van der Waals surface area contributed by atoms with E-state index in [1.54, 1.807) is 7.11 Å². The number of halogens is 1. The van der Waals surface area contributed by atoms with E-state index in [9.17, 15) is 0 Å². The molecule has 0 radical (unpaired) electrons. The second-order valence-electron chi connectivity index (χ2n) is 5.99. The normalized spacial score (nSPS) is 11.1. The Balaban J connectivity index is 0.00000576. The van der Waals surface area contributed by atoms with Crippen molar-refractivity contribution in [3.05, 3.63) is 29.3 Å². The lowest BCUT2D eigenvalue weighted by Crippen LogP contribution is -2.32. The molecule has 0 amide bonds. The largest absolute Gasteiger partial charge is 0.493 e. The summed E-state index contributed by atoms with van der Waals surface area (Å²) in [6.45, 7) is 7.01. The first-order chi connectivity index (χ1) is 11.7. The average Bonchev–Trinajstić information content (AvgIpc) is 2.58. The quantitative estimate of drug-likeness (QED) is 0.213. The number of nitrogens with two attached hydrogens (primary N) is 1. The van der Waals surface area contributed by atoms with Crippen LogP contribution >= 0.6 is 24.0 Å². The van der Waals surface area contributed by atoms with Crippen molar-refractivity contribution < 1.29 is 9.47 Å². The SMILES string of the molecule is CCCCCCNC(N)=NCc1ccc(C)cc1OCCCOC.I. The third kappa shape index (κ3) is 11.3. The summed E-state index contributed by atoms with van der Waals surface area (Å²) in [6, 6.07) is 6.17. The monoisotopic (exact) mass is 463 g/mol. The molecule has 6 heteroatoms. The molecule has 144 valence electrons. The van der Waals surface area contributed by atoms with Crippen molar-refractivity contribution >= 4 is 29.9 Å². The second kappa shape index (κ2) is 15.3. The Labute approximate surface area is 169 Å². The van der Waals surface area contributed by atoms with Gasteiger partial charge in [0.05, 0.1) is 13.2 Å². The van der Waals surface area contributed by atoms with Gasteiger partial charge in [-0.3, -0.25) is 0 Å². The van der Waals surface area contributed by atoms with Crippen molar-refractivity contribution in [2.24, 2.45) is 10.7 Å². The molecule has 25 heavy (non-hydrogen) atoms. The molecule has 1 rings (SSSR count). The van der Waals surface area contributed by atoms with Gasteiger partial charge in [-0.05, 0) is 25.0 Å². The molecular formula is C19H34IN3O2. The van der Waals surface area contributed by atoms with E-state index in [4.69, 9.17) is 15.2 Å². The summed E-state index contributed by atoms with van der Waals surface area (Å²) in [6.07, 6.45) is 5.74. The van der Waals surface area contributed by atoms with Crippen LogP contribution in [0.25, 0.3) is 0 Å². The lowest BCUT2D eigenvalue weighted by atomic mass is 10.1. The van der Waals surface area contributed by atoms with Crippen molar-refractivity contribution in [2.75, 3.05) is 26.9 Å². The Kier molecular flexibility index (Phi) is 14.6. The van der Waals surface area contributed by atoms with Crippen LogP contribution in [-0.2, 0) is 11.3 Å². The molecule has 0 aliphatic rings. The number of rotatable bonds is 12. The van der Waals surface area contributed by atoms with Gasteiger partial charge in [0.1, 0.15) is 5.75 Å². The number of unbranched alkanes of at least 4 members (excludes halogenated alkanes) is 3. The lowest BCUT2D eigenvalue weighted by Gasteiger charge is -2.12. The maximum Gasteiger partial charge on any atom is 0.188 e. The smallest absolute Gasteiger partial charge is 0.188 e. The molecule has 0 aliphatic carbocycles. The maximum atomic E-state index is 5.94. The molecule has 0 saturated heterocycles. The van der Waals surface area contributed by atoms with Crippen molar-refractivity contribution in [3.63, 3.8) is 0 Å². The van der Waals surface area contributed by atoms with E-state index in [0.29, 0.717) is 25.7 Å². The van der Waals surface area contributed by atoms with E-state index >= 15 is 0 Å². The van der Waals surface area contributed by atoms with Crippen LogP contribution in [0.4, 0.5) is 0 Å². The molecule has 0 fully saturated rings.